The summed E-state index contributed by atoms with van der Waals surface area (Å²) in [5.41, 5.74) is 0. The minimum absolute atomic E-state index is 0.0851. The van der Waals surface area contributed by atoms with Gasteiger partial charge in [0.05, 0.1) is 76.3 Å². The third-order valence-corrected chi connectivity index (χ3v) is 4.27. The van der Waals surface area contributed by atoms with Gasteiger partial charge in [0.25, 0.3) is 0 Å². The van der Waals surface area contributed by atoms with Gasteiger partial charge in [0.2, 0.25) is 0 Å². The highest BCUT2D eigenvalue weighted by molar-refractivity contribution is 4.55. The zero-order chi connectivity index (χ0) is 24.8. The van der Waals surface area contributed by atoms with Crippen LogP contribution in [0.4, 0.5) is 0 Å². The van der Waals surface area contributed by atoms with E-state index in [2.05, 4.69) is 0 Å². The molecule has 0 amide bonds. The third-order valence-electron chi connectivity index (χ3n) is 4.27. The van der Waals surface area contributed by atoms with Crippen LogP contribution in [-0.2, 0) is 37.9 Å². The summed E-state index contributed by atoms with van der Waals surface area (Å²) in [5, 5.41) is 0. The lowest BCUT2D eigenvalue weighted by Gasteiger charge is -2.19. The smallest absolute Gasteiger partial charge is 0.0781 e. The third kappa shape index (κ3) is 24.3. The monoisotopic (exact) mass is 468 g/mol. The quantitative estimate of drug-likeness (QED) is 0.268. The predicted octanol–water partition coefficient (Wildman–Crippen LogP) is 3.74. The summed E-state index contributed by atoms with van der Waals surface area (Å²) in [5.74, 6) is 0. The van der Waals surface area contributed by atoms with E-state index in [9.17, 15) is 0 Å². The van der Waals surface area contributed by atoms with E-state index in [4.69, 9.17) is 37.9 Å². The number of hydrogen-bond donors (Lipinski definition) is 0. The maximum absolute atomic E-state index is 5.62. The van der Waals surface area contributed by atoms with E-state index in [1.54, 1.807) is 14.2 Å². The standard InChI is InChI=1S/C13H28O4.C11H24O4/c1-6-14-8-11(3)16-10-13(5)17-9-12(4)15-7-2;1-9(13-5)7-14-11(3)8-15-10(2)6-12-4/h11-13H,6-10H2,1-5H3;9-11H,6-8H2,1-5H3. The summed E-state index contributed by atoms with van der Waals surface area (Å²) in [4.78, 5) is 0. The van der Waals surface area contributed by atoms with Gasteiger partial charge in [0, 0.05) is 27.4 Å². The van der Waals surface area contributed by atoms with Crippen molar-refractivity contribution in [1.82, 2.24) is 0 Å². The van der Waals surface area contributed by atoms with Gasteiger partial charge in [-0.1, -0.05) is 0 Å². The Morgan fingerprint density at radius 2 is 0.812 bits per heavy atom. The molecule has 0 aliphatic heterocycles. The number of hydrogen-bond acceptors (Lipinski definition) is 8. The zero-order valence-corrected chi connectivity index (χ0v) is 22.4. The van der Waals surface area contributed by atoms with Crippen LogP contribution < -0.4 is 0 Å². The van der Waals surface area contributed by atoms with Crippen LogP contribution in [0.25, 0.3) is 0 Å². The molecule has 0 aromatic rings. The molecular formula is C24H52O8. The number of rotatable bonds is 20. The molecule has 6 atom stereocenters. The Morgan fingerprint density at radius 1 is 0.438 bits per heavy atom. The van der Waals surface area contributed by atoms with E-state index in [1.807, 2.05) is 55.4 Å². The van der Waals surface area contributed by atoms with E-state index in [0.29, 0.717) is 39.6 Å². The van der Waals surface area contributed by atoms with Crippen LogP contribution in [0, 0.1) is 0 Å². The fraction of sp³-hybridized carbons (Fsp3) is 1.00. The molecule has 0 radical (unpaired) electrons. The SMILES string of the molecule is CCOCC(C)OCC(C)OCC(C)OCC.COCC(C)OCC(C)OCC(C)OC. The van der Waals surface area contributed by atoms with Crippen LogP contribution in [0.3, 0.4) is 0 Å². The Balaban J connectivity index is 0. The van der Waals surface area contributed by atoms with Gasteiger partial charge in [-0.25, -0.2) is 0 Å². The molecule has 0 bridgehead atoms. The molecule has 8 nitrogen and oxygen atoms in total. The zero-order valence-electron chi connectivity index (χ0n) is 22.4. The van der Waals surface area contributed by atoms with Crippen molar-refractivity contribution in [3.63, 3.8) is 0 Å². The molecule has 0 aliphatic carbocycles. The Kier molecular flexibility index (Phi) is 25.2. The fourth-order valence-electron chi connectivity index (χ4n) is 2.31. The van der Waals surface area contributed by atoms with Crippen molar-refractivity contribution in [1.29, 1.82) is 0 Å². The van der Waals surface area contributed by atoms with Crippen molar-refractivity contribution >= 4 is 0 Å². The van der Waals surface area contributed by atoms with Crippen LogP contribution in [-0.4, -0.2) is 104 Å². The number of ether oxygens (including phenoxy) is 8. The Bertz CT molecular complexity index is 372. The van der Waals surface area contributed by atoms with Gasteiger partial charge >= 0.3 is 0 Å². The number of methoxy groups -OCH3 is 2. The highest BCUT2D eigenvalue weighted by atomic mass is 16.6. The van der Waals surface area contributed by atoms with Crippen LogP contribution >= 0.6 is 0 Å². The molecular weight excluding hydrogens is 416 g/mol. The summed E-state index contributed by atoms with van der Waals surface area (Å²) in [7, 11) is 3.34. The van der Waals surface area contributed by atoms with E-state index in [1.165, 1.54) is 0 Å². The molecule has 196 valence electrons. The maximum Gasteiger partial charge on any atom is 0.0781 e. The van der Waals surface area contributed by atoms with E-state index in [-0.39, 0.29) is 36.6 Å². The molecule has 0 saturated heterocycles. The Labute approximate surface area is 197 Å². The lowest BCUT2D eigenvalue weighted by Crippen LogP contribution is -2.26. The molecule has 8 heteroatoms. The summed E-state index contributed by atoms with van der Waals surface area (Å²) in [6.45, 7) is 21.0. The normalized spacial score (nSPS) is 17.1. The minimum atomic E-state index is 0.0851. The first-order valence-electron chi connectivity index (χ1n) is 11.9. The molecule has 0 aliphatic rings. The molecule has 32 heavy (non-hydrogen) atoms. The van der Waals surface area contributed by atoms with Crippen molar-refractivity contribution in [3.05, 3.63) is 0 Å². The van der Waals surface area contributed by atoms with Crippen molar-refractivity contribution in [3.8, 4) is 0 Å². The lowest BCUT2D eigenvalue weighted by atomic mass is 10.4. The van der Waals surface area contributed by atoms with Gasteiger partial charge in [0.15, 0.2) is 0 Å². The van der Waals surface area contributed by atoms with Crippen LogP contribution in [0.1, 0.15) is 55.4 Å². The average Bonchev–Trinajstić information content (AvgIpc) is 2.77. The Morgan fingerprint density at radius 3 is 1.19 bits per heavy atom. The van der Waals surface area contributed by atoms with Crippen molar-refractivity contribution in [2.24, 2.45) is 0 Å². The van der Waals surface area contributed by atoms with E-state index < -0.39 is 0 Å². The highest BCUT2D eigenvalue weighted by Gasteiger charge is 2.10. The highest BCUT2D eigenvalue weighted by Crippen LogP contribution is 2.01. The predicted molar refractivity (Wildman–Crippen MR) is 128 cm³/mol. The molecule has 0 saturated carbocycles. The van der Waals surface area contributed by atoms with Crippen molar-refractivity contribution in [2.45, 2.75) is 92.0 Å². The van der Waals surface area contributed by atoms with Gasteiger partial charge in [-0.2, -0.15) is 0 Å². The molecule has 6 unspecified atom stereocenters. The molecule has 0 aromatic carbocycles. The second-order valence-corrected chi connectivity index (χ2v) is 8.00. The first kappa shape index (κ1) is 33.9. The maximum atomic E-state index is 5.62. The second kappa shape index (κ2) is 23.8. The Hall–Kier alpha value is -0.320. The van der Waals surface area contributed by atoms with Crippen LogP contribution in [0.2, 0.25) is 0 Å². The van der Waals surface area contributed by atoms with Gasteiger partial charge in [0.1, 0.15) is 0 Å². The summed E-state index contributed by atoms with van der Waals surface area (Å²) < 4.78 is 43.0. The summed E-state index contributed by atoms with van der Waals surface area (Å²) >= 11 is 0. The summed E-state index contributed by atoms with van der Waals surface area (Å²) in [6.07, 6.45) is 0.669. The van der Waals surface area contributed by atoms with Crippen LogP contribution in [0.5, 0.6) is 0 Å². The first-order valence-corrected chi connectivity index (χ1v) is 11.9. The molecule has 0 heterocycles. The fourth-order valence-corrected chi connectivity index (χ4v) is 2.31. The second-order valence-electron chi connectivity index (χ2n) is 8.00. The van der Waals surface area contributed by atoms with Crippen molar-refractivity contribution in [2.75, 3.05) is 67.1 Å². The first-order chi connectivity index (χ1) is 15.2. The van der Waals surface area contributed by atoms with E-state index >= 15 is 0 Å². The van der Waals surface area contributed by atoms with Crippen molar-refractivity contribution < 1.29 is 37.9 Å². The van der Waals surface area contributed by atoms with E-state index in [0.717, 1.165) is 13.2 Å². The molecule has 0 rings (SSSR count). The summed E-state index contributed by atoms with van der Waals surface area (Å²) in [6, 6.07) is 0. The average molecular weight is 469 g/mol. The van der Waals surface area contributed by atoms with Gasteiger partial charge in [-0.15, -0.1) is 0 Å². The van der Waals surface area contributed by atoms with Crippen LogP contribution in [0.15, 0.2) is 0 Å². The van der Waals surface area contributed by atoms with Gasteiger partial charge < -0.3 is 37.9 Å². The van der Waals surface area contributed by atoms with Gasteiger partial charge in [-0.05, 0) is 55.4 Å². The van der Waals surface area contributed by atoms with Gasteiger partial charge in [-0.3, -0.25) is 0 Å². The largest absolute Gasteiger partial charge is 0.382 e. The minimum Gasteiger partial charge on any atom is -0.382 e. The molecule has 0 aromatic heterocycles. The molecule has 0 N–H and O–H groups in total. The molecule has 0 spiro atoms. The molecule has 0 fully saturated rings. The topological polar surface area (TPSA) is 73.8 Å². The lowest BCUT2D eigenvalue weighted by molar-refractivity contribution is -0.0780.